The minimum atomic E-state index is 0.257. The van der Waals surface area contributed by atoms with Crippen molar-refractivity contribution >= 4 is 35.1 Å². The van der Waals surface area contributed by atoms with E-state index in [1.807, 2.05) is 19.9 Å². The molecule has 2 N–H and O–H groups in total. The Morgan fingerprint density at radius 3 is 2.90 bits per heavy atom. The average Bonchev–Trinajstić information content (AvgIpc) is 2.63. The number of halogens is 1. The van der Waals surface area contributed by atoms with Crippen LogP contribution in [0.15, 0.2) is 17.2 Å². The maximum absolute atomic E-state index is 6.20. The maximum atomic E-state index is 6.20. The maximum Gasteiger partial charge on any atom is 0.187 e. The van der Waals surface area contributed by atoms with Crippen LogP contribution in [0.4, 0.5) is 0 Å². The number of nitrogens with zero attached hydrogens (tertiary/aromatic N) is 1. The zero-order valence-electron chi connectivity index (χ0n) is 12.0. The van der Waals surface area contributed by atoms with Gasteiger partial charge in [-0.15, -0.1) is 0 Å². The van der Waals surface area contributed by atoms with Crippen LogP contribution in [0.3, 0.4) is 0 Å². The van der Waals surface area contributed by atoms with E-state index in [0.717, 1.165) is 12.0 Å². The number of benzene rings is 1. The third-order valence-corrected chi connectivity index (χ3v) is 3.11. The second kappa shape index (κ2) is 7.47. The van der Waals surface area contributed by atoms with E-state index in [0.29, 0.717) is 34.8 Å². The number of hydrazone groups is 1. The third kappa shape index (κ3) is 4.75. The summed E-state index contributed by atoms with van der Waals surface area (Å²) < 4.78 is 11.2. The zero-order chi connectivity index (χ0) is 15.2. The molecule has 0 saturated heterocycles. The largest absolute Gasteiger partial charge is 0.489 e. The van der Waals surface area contributed by atoms with Crippen LogP contribution in [-0.4, -0.2) is 30.6 Å². The summed E-state index contributed by atoms with van der Waals surface area (Å²) in [6.07, 6.45) is 2.47. The topological polar surface area (TPSA) is 54.9 Å². The molecule has 1 heterocycles. The summed E-state index contributed by atoms with van der Waals surface area (Å²) in [5, 5.41) is 8.10. The molecular weight excluding hydrogens is 310 g/mol. The van der Waals surface area contributed by atoms with E-state index < -0.39 is 0 Å². The van der Waals surface area contributed by atoms with E-state index in [1.54, 1.807) is 12.3 Å². The fourth-order valence-corrected chi connectivity index (χ4v) is 2.35. The molecule has 0 aliphatic carbocycles. The second-order valence-corrected chi connectivity index (χ2v) is 5.69. The van der Waals surface area contributed by atoms with Crippen LogP contribution in [0.1, 0.15) is 25.8 Å². The van der Waals surface area contributed by atoms with Gasteiger partial charge in [0.2, 0.25) is 0 Å². The van der Waals surface area contributed by atoms with E-state index in [4.69, 9.17) is 33.3 Å². The summed E-state index contributed by atoms with van der Waals surface area (Å²) >= 11 is 11.3. The minimum absolute atomic E-state index is 0.257. The molecule has 7 heteroatoms. The number of thiocarbonyl (C=S) groups is 1. The fourth-order valence-electron chi connectivity index (χ4n) is 1.79. The molecule has 21 heavy (non-hydrogen) atoms. The summed E-state index contributed by atoms with van der Waals surface area (Å²) in [4.78, 5) is 0. The van der Waals surface area contributed by atoms with Crippen molar-refractivity contribution in [1.82, 2.24) is 10.7 Å². The van der Waals surface area contributed by atoms with Crippen molar-refractivity contribution in [1.29, 1.82) is 0 Å². The van der Waals surface area contributed by atoms with Crippen LogP contribution in [0.25, 0.3) is 0 Å². The highest BCUT2D eigenvalue weighted by molar-refractivity contribution is 7.80. The van der Waals surface area contributed by atoms with Crippen molar-refractivity contribution < 1.29 is 9.47 Å². The van der Waals surface area contributed by atoms with Crippen LogP contribution in [0.5, 0.6) is 11.5 Å². The number of hydrogen-bond donors (Lipinski definition) is 2. The number of nitrogens with one attached hydrogen (secondary N) is 2. The number of ether oxygens (including phenoxy) is 2. The highest BCUT2D eigenvalue weighted by Crippen LogP contribution is 2.37. The monoisotopic (exact) mass is 327 g/mol. The second-order valence-electron chi connectivity index (χ2n) is 4.88. The van der Waals surface area contributed by atoms with E-state index in [1.165, 1.54) is 0 Å². The van der Waals surface area contributed by atoms with Crippen LogP contribution in [-0.2, 0) is 0 Å². The average molecular weight is 328 g/mol. The molecule has 0 bridgehead atoms. The van der Waals surface area contributed by atoms with Crippen molar-refractivity contribution in [3.63, 3.8) is 0 Å². The van der Waals surface area contributed by atoms with E-state index >= 15 is 0 Å². The molecule has 0 radical (unpaired) electrons. The Hall–Kier alpha value is -1.53. The SMILES string of the molecule is CC(C)NC(=S)N/N=C\c1cc(Cl)c2c(c1)OCCCO2. The van der Waals surface area contributed by atoms with Gasteiger partial charge in [-0.1, -0.05) is 11.6 Å². The van der Waals surface area contributed by atoms with Crippen molar-refractivity contribution in [2.24, 2.45) is 5.10 Å². The van der Waals surface area contributed by atoms with Crippen LogP contribution in [0.2, 0.25) is 5.02 Å². The molecule has 0 saturated carbocycles. The molecule has 0 unspecified atom stereocenters. The van der Waals surface area contributed by atoms with E-state index in [-0.39, 0.29) is 6.04 Å². The molecule has 2 rings (SSSR count). The van der Waals surface area contributed by atoms with Gasteiger partial charge in [0.15, 0.2) is 16.6 Å². The first-order chi connectivity index (χ1) is 10.1. The van der Waals surface area contributed by atoms with Gasteiger partial charge in [-0.2, -0.15) is 5.10 Å². The lowest BCUT2D eigenvalue weighted by Crippen LogP contribution is -2.36. The van der Waals surface area contributed by atoms with Crippen molar-refractivity contribution in [3.8, 4) is 11.5 Å². The van der Waals surface area contributed by atoms with Gasteiger partial charge in [0, 0.05) is 12.5 Å². The molecule has 0 amide bonds. The van der Waals surface area contributed by atoms with Gasteiger partial charge in [-0.05, 0) is 43.8 Å². The molecule has 0 spiro atoms. The third-order valence-electron chi connectivity index (χ3n) is 2.62. The quantitative estimate of drug-likeness (QED) is 0.508. The van der Waals surface area contributed by atoms with Gasteiger partial charge < -0.3 is 14.8 Å². The van der Waals surface area contributed by atoms with Crippen molar-refractivity contribution in [2.75, 3.05) is 13.2 Å². The lowest BCUT2D eigenvalue weighted by molar-refractivity contribution is 0.297. The summed E-state index contributed by atoms with van der Waals surface area (Å²) in [6.45, 7) is 5.23. The molecule has 0 atom stereocenters. The molecule has 1 aliphatic rings. The normalized spacial score (nSPS) is 14.1. The summed E-state index contributed by atoms with van der Waals surface area (Å²) in [5.74, 6) is 1.24. The van der Waals surface area contributed by atoms with Crippen molar-refractivity contribution in [3.05, 3.63) is 22.7 Å². The molecule has 114 valence electrons. The van der Waals surface area contributed by atoms with Crippen molar-refractivity contribution in [2.45, 2.75) is 26.3 Å². The Bertz CT molecular complexity index is 549. The minimum Gasteiger partial charge on any atom is -0.489 e. The Kier molecular flexibility index (Phi) is 5.64. The van der Waals surface area contributed by atoms with Gasteiger partial charge in [0.25, 0.3) is 0 Å². The standard InChI is InChI=1S/C14H18ClN3O2S/c1-9(2)17-14(21)18-16-8-10-6-11(15)13-12(7-10)19-4-3-5-20-13/h6-9H,3-5H2,1-2H3,(H2,17,18,21)/b16-8-. The fraction of sp³-hybridized carbons (Fsp3) is 0.429. The highest BCUT2D eigenvalue weighted by atomic mass is 35.5. The predicted molar refractivity (Wildman–Crippen MR) is 88.7 cm³/mol. The zero-order valence-corrected chi connectivity index (χ0v) is 13.6. The smallest absolute Gasteiger partial charge is 0.187 e. The molecule has 1 aromatic rings. The lowest BCUT2D eigenvalue weighted by atomic mass is 10.2. The number of fused-ring (bicyclic) bond motifs is 1. The summed E-state index contributed by atoms with van der Waals surface area (Å²) in [5.41, 5.74) is 3.56. The molecular formula is C14H18ClN3O2S. The molecule has 0 fully saturated rings. The summed E-state index contributed by atoms with van der Waals surface area (Å²) in [7, 11) is 0. The Labute approximate surface area is 134 Å². The number of rotatable bonds is 3. The first kappa shape index (κ1) is 15.9. The van der Waals surface area contributed by atoms with Gasteiger partial charge in [-0.3, -0.25) is 5.43 Å². The highest BCUT2D eigenvalue weighted by Gasteiger charge is 2.14. The van der Waals surface area contributed by atoms with E-state index in [2.05, 4.69) is 15.8 Å². The first-order valence-electron chi connectivity index (χ1n) is 6.75. The first-order valence-corrected chi connectivity index (χ1v) is 7.53. The predicted octanol–water partition coefficient (Wildman–Crippen LogP) is 2.71. The van der Waals surface area contributed by atoms with Gasteiger partial charge >= 0.3 is 0 Å². The number of hydrogen-bond acceptors (Lipinski definition) is 4. The Morgan fingerprint density at radius 1 is 1.38 bits per heavy atom. The molecule has 0 aromatic heterocycles. The molecule has 1 aromatic carbocycles. The van der Waals surface area contributed by atoms with Crippen LogP contribution >= 0.6 is 23.8 Å². The van der Waals surface area contributed by atoms with Crippen LogP contribution < -0.4 is 20.2 Å². The van der Waals surface area contributed by atoms with Gasteiger partial charge in [-0.25, -0.2) is 0 Å². The summed E-state index contributed by atoms with van der Waals surface area (Å²) in [6, 6.07) is 3.88. The van der Waals surface area contributed by atoms with Crippen LogP contribution in [0, 0.1) is 0 Å². The Morgan fingerprint density at radius 2 is 2.14 bits per heavy atom. The molecule has 1 aliphatic heterocycles. The van der Waals surface area contributed by atoms with Gasteiger partial charge in [0.05, 0.1) is 24.5 Å². The Balaban J connectivity index is 2.05. The molecule has 5 nitrogen and oxygen atoms in total. The van der Waals surface area contributed by atoms with Gasteiger partial charge in [0.1, 0.15) is 0 Å². The van der Waals surface area contributed by atoms with E-state index in [9.17, 15) is 0 Å². The lowest BCUT2D eigenvalue weighted by Gasteiger charge is -2.10.